The maximum absolute atomic E-state index is 14.1. The molecule has 0 atom stereocenters. The lowest BCUT2D eigenvalue weighted by molar-refractivity contribution is 0.0943. The van der Waals surface area contributed by atoms with Crippen molar-refractivity contribution in [3.8, 4) is 0 Å². The maximum Gasteiger partial charge on any atom is 0.262 e. The lowest BCUT2D eigenvalue weighted by Gasteiger charge is -2.13. The molecular formula is C23H24FN5O2S. The number of nitrogens with zero attached hydrogens (tertiary/aromatic N) is 4. The summed E-state index contributed by atoms with van der Waals surface area (Å²) in [4.78, 5) is 25.7. The van der Waals surface area contributed by atoms with Gasteiger partial charge in [0.05, 0.1) is 10.9 Å². The van der Waals surface area contributed by atoms with Crippen molar-refractivity contribution >= 4 is 34.3 Å². The van der Waals surface area contributed by atoms with E-state index in [4.69, 9.17) is 0 Å². The van der Waals surface area contributed by atoms with Crippen LogP contribution in [0.2, 0.25) is 0 Å². The third-order valence-corrected chi connectivity index (χ3v) is 5.99. The third-order valence-electron chi connectivity index (χ3n) is 5.02. The van der Waals surface area contributed by atoms with Crippen LogP contribution in [-0.2, 0) is 12.3 Å². The number of aryl methyl sites for hydroxylation is 1. The SMILES string of the molecule is CCCn1c(=O)c2ccc(C(=O)NC(C)C)cc2n2c(SCc3ccccc3F)nnc12. The van der Waals surface area contributed by atoms with Crippen LogP contribution < -0.4 is 10.9 Å². The molecule has 0 radical (unpaired) electrons. The van der Waals surface area contributed by atoms with Gasteiger partial charge in [-0.25, -0.2) is 4.39 Å². The molecule has 0 fully saturated rings. The minimum absolute atomic E-state index is 0.0161. The molecule has 1 N–H and O–H groups in total. The fourth-order valence-electron chi connectivity index (χ4n) is 3.54. The molecule has 0 saturated heterocycles. The van der Waals surface area contributed by atoms with Crippen molar-refractivity contribution in [1.29, 1.82) is 0 Å². The van der Waals surface area contributed by atoms with E-state index >= 15 is 0 Å². The summed E-state index contributed by atoms with van der Waals surface area (Å²) in [5.74, 6) is 0.257. The van der Waals surface area contributed by atoms with Gasteiger partial charge in [0.2, 0.25) is 5.78 Å². The highest BCUT2D eigenvalue weighted by atomic mass is 32.2. The maximum atomic E-state index is 14.1. The number of rotatable bonds is 7. The van der Waals surface area contributed by atoms with E-state index < -0.39 is 0 Å². The van der Waals surface area contributed by atoms with Crippen LogP contribution in [0.4, 0.5) is 4.39 Å². The lowest BCUT2D eigenvalue weighted by atomic mass is 10.1. The Morgan fingerprint density at radius 3 is 2.69 bits per heavy atom. The Bertz CT molecular complexity index is 1360. The first-order valence-corrected chi connectivity index (χ1v) is 11.5. The Balaban J connectivity index is 1.88. The number of carbonyl (C=O) groups excluding carboxylic acids is 1. The number of carbonyl (C=O) groups is 1. The molecule has 9 heteroatoms. The van der Waals surface area contributed by atoms with E-state index in [1.807, 2.05) is 20.8 Å². The third kappa shape index (κ3) is 4.12. The fourth-order valence-corrected chi connectivity index (χ4v) is 4.47. The van der Waals surface area contributed by atoms with Crippen molar-refractivity contribution in [1.82, 2.24) is 24.5 Å². The summed E-state index contributed by atoms with van der Waals surface area (Å²) in [5.41, 5.74) is 1.37. The van der Waals surface area contributed by atoms with Gasteiger partial charge in [0, 0.05) is 23.9 Å². The van der Waals surface area contributed by atoms with Gasteiger partial charge in [-0.1, -0.05) is 36.9 Å². The van der Waals surface area contributed by atoms with Crippen molar-refractivity contribution < 1.29 is 9.18 Å². The molecule has 0 aliphatic carbocycles. The molecule has 7 nitrogen and oxygen atoms in total. The Morgan fingerprint density at radius 1 is 1.19 bits per heavy atom. The summed E-state index contributed by atoms with van der Waals surface area (Å²) < 4.78 is 17.5. The normalized spacial score (nSPS) is 11.5. The predicted molar refractivity (Wildman–Crippen MR) is 124 cm³/mol. The number of benzene rings is 2. The summed E-state index contributed by atoms with van der Waals surface area (Å²) in [6.07, 6.45) is 0.751. The number of hydrogen-bond acceptors (Lipinski definition) is 5. The van der Waals surface area contributed by atoms with Crippen LogP contribution in [-0.4, -0.2) is 31.1 Å². The highest BCUT2D eigenvalue weighted by Crippen LogP contribution is 2.26. The topological polar surface area (TPSA) is 81.3 Å². The van der Waals surface area contributed by atoms with Gasteiger partial charge < -0.3 is 5.32 Å². The van der Waals surface area contributed by atoms with E-state index in [0.717, 1.165) is 6.42 Å². The molecule has 0 aliphatic heterocycles. The lowest BCUT2D eigenvalue weighted by Crippen LogP contribution is -2.30. The summed E-state index contributed by atoms with van der Waals surface area (Å²) in [7, 11) is 0. The van der Waals surface area contributed by atoms with Crippen molar-refractivity contribution in [2.75, 3.05) is 0 Å². The van der Waals surface area contributed by atoms with Gasteiger partial charge in [0.25, 0.3) is 11.5 Å². The van der Waals surface area contributed by atoms with Gasteiger partial charge in [-0.15, -0.1) is 10.2 Å². The van der Waals surface area contributed by atoms with Crippen molar-refractivity contribution in [3.63, 3.8) is 0 Å². The molecule has 2 aromatic heterocycles. The van der Waals surface area contributed by atoms with Gasteiger partial charge in [-0.3, -0.25) is 18.6 Å². The number of hydrogen-bond donors (Lipinski definition) is 1. The minimum atomic E-state index is -0.283. The Labute approximate surface area is 188 Å². The number of fused-ring (bicyclic) bond motifs is 3. The number of nitrogens with one attached hydrogen (secondary N) is 1. The Morgan fingerprint density at radius 2 is 1.97 bits per heavy atom. The van der Waals surface area contributed by atoms with Crippen molar-refractivity contribution in [2.24, 2.45) is 0 Å². The second kappa shape index (κ2) is 9.12. The average Bonchev–Trinajstić information content (AvgIpc) is 3.19. The van der Waals surface area contributed by atoms with Crippen LogP contribution in [0.15, 0.2) is 52.4 Å². The van der Waals surface area contributed by atoms with Crippen LogP contribution in [0.3, 0.4) is 0 Å². The van der Waals surface area contributed by atoms with Crippen LogP contribution in [0.1, 0.15) is 43.1 Å². The van der Waals surface area contributed by atoms with Crippen LogP contribution in [0.25, 0.3) is 16.7 Å². The number of amides is 1. The predicted octanol–water partition coefficient (Wildman–Crippen LogP) is 4.02. The fraction of sp³-hybridized carbons (Fsp3) is 0.304. The molecule has 166 valence electrons. The Kier molecular flexibility index (Phi) is 6.27. The van der Waals surface area contributed by atoms with Crippen LogP contribution >= 0.6 is 11.8 Å². The van der Waals surface area contributed by atoms with E-state index in [1.54, 1.807) is 45.4 Å². The van der Waals surface area contributed by atoms with Gasteiger partial charge >= 0.3 is 0 Å². The van der Waals surface area contributed by atoms with E-state index in [2.05, 4.69) is 15.5 Å². The molecule has 0 unspecified atom stereocenters. The van der Waals surface area contributed by atoms with Crippen LogP contribution in [0, 0.1) is 5.82 Å². The quantitative estimate of drug-likeness (QED) is 0.428. The van der Waals surface area contributed by atoms with Gasteiger partial charge in [0.1, 0.15) is 5.82 Å². The van der Waals surface area contributed by atoms with E-state index in [-0.39, 0.29) is 23.3 Å². The molecule has 2 heterocycles. The second-order valence-electron chi connectivity index (χ2n) is 7.81. The molecular weight excluding hydrogens is 429 g/mol. The molecule has 32 heavy (non-hydrogen) atoms. The van der Waals surface area contributed by atoms with Crippen molar-refractivity contribution in [2.45, 2.75) is 50.7 Å². The first kappa shape index (κ1) is 22.0. The molecule has 2 aromatic carbocycles. The molecule has 4 aromatic rings. The monoisotopic (exact) mass is 453 g/mol. The summed E-state index contributed by atoms with van der Waals surface area (Å²) in [6, 6.07) is 11.6. The zero-order valence-corrected chi connectivity index (χ0v) is 18.9. The molecule has 0 saturated carbocycles. The highest BCUT2D eigenvalue weighted by Gasteiger charge is 2.19. The molecule has 4 rings (SSSR count). The van der Waals surface area contributed by atoms with Crippen LogP contribution in [0.5, 0.6) is 0 Å². The average molecular weight is 454 g/mol. The number of aromatic nitrogens is 4. The van der Waals surface area contributed by atoms with Gasteiger partial charge in [-0.05, 0) is 50.1 Å². The number of thioether (sulfide) groups is 1. The molecule has 0 bridgehead atoms. The zero-order valence-electron chi connectivity index (χ0n) is 18.1. The zero-order chi connectivity index (χ0) is 22.8. The van der Waals surface area contributed by atoms with E-state index in [1.165, 1.54) is 17.8 Å². The largest absolute Gasteiger partial charge is 0.350 e. The van der Waals surface area contributed by atoms with Gasteiger partial charge in [-0.2, -0.15) is 0 Å². The van der Waals surface area contributed by atoms with Gasteiger partial charge in [0.15, 0.2) is 5.16 Å². The number of halogens is 1. The minimum Gasteiger partial charge on any atom is -0.350 e. The standard InChI is InChI=1S/C23H24FN5O2S/c1-4-11-28-21(31)17-10-9-15(20(30)25-14(2)3)12-19(17)29-22(28)26-27-23(29)32-13-16-7-5-6-8-18(16)24/h5-10,12,14H,4,11,13H2,1-3H3,(H,25,30). The highest BCUT2D eigenvalue weighted by molar-refractivity contribution is 7.98. The smallest absolute Gasteiger partial charge is 0.262 e. The second-order valence-corrected chi connectivity index (χ2v) is 8.76. The van der Waals surface area contributed by atoms with Crippen molar-refractivity contribution in [3.05, 3.63) is 69.8 Å². The molecule has 0 aliphatic rings. The summed E-state index contributed by atoms with van der Waals surface area (Å²) in [5, 5.41) is 12.4. The van der Waals surface area contributed by atoms with E-state index in [9.17, 15) is 14.0 Å². The first-order chi connectivity index (χ1) is 15.4. The Hall–Kier alpha value is -3.20. The van der Waals surface area contributed by atoms with E-state index in [0.29, 0.717) is 45.3 Å². The summed E-state index contributed by atoms with van der Waals surface area (Å²) in [6.45, 7) is 6.25. The molecule has 0 spiro atoms. The first-order valence-electron chi connectivity index (χ1n) is 10.5. The molecule has 1 amide bonds. The summed E-state index contributed by atoms with van der Waals surface area (Å²) >= 11 is 1.33.